The summed E-state index contributed by atoms with van der Waals surface area (Å²) in [6.07, 6.45) is 2.85. The van der Waals surface area contributed by atoms with Gasteiger partial charge in [-0.3, -0.25) is 4.68 Å². The summed E-state index contributed by atoms with van der Waals surface area (Å²) in [5, 5.41) is 13.3. The van der Waals surface area contributed by atoms with Gasteiger partial charge in [0.2, 0.25) is 0 Å². The minimum atomic E-state index is -0.200. The molecule has 6 nitrogen and oxygen atoms in total. The number of rotatable bonds is 5. The number of urea groups is 1. The molecular formula is C15H23N5OS. The van der Waals surface area contributed by atoms with Gasteiger partial charge in [-0.25, -0.2) is 9.78 Å². The van der Waals surface area contributed by atoms with Gasteiger partial charge in [-0.1, -0.05) is 6.92 Å². The van der Waals surface area contributed by atoms with Crippen LogP contribution < -0.4 is 10.6 Å². The molecule has 0 fully saturated rings. The van der Waals surface area contributed by atoms with E-state index in [0.29, 0.717) is 0 Å². The maximum absolute atomic E-state index is 12.1. The lowest BCUT2D eigenvalue weighted by atomic mass is 10.1. The Balaban J connectivity index is 1.93. The molecule has 0 aliphatic carbocycles. The van der Waals surface area contributed by atoms with Crippen LogP contribution in [0.25, 0.3) is 0 Å². The molecule has 0 radical (unpaired) electrons. The van der Waals surface area contributed by atoms with Crippen LogP contribution in [0.4, 0.5) is 4.79 Å². The van der Waals surface area contributed by atoms with Crippen molar-refractivity contribution in [3.8, 4) is 0 Å². The highest BCUT2D eigenvalue weighted by Gasteiger charge is 2.17. The standard InChI is InChI=1S/C15H23N5OS/c1-6-14-18-13(8-22-14)11(4)17-15(21)16-9(2)12-7-20(5)19-10(12)3/h7-9,11H,6H2,1-5H3,(H2,16,17,21)/t9-,11-/m1/s1. The molecule has 2 atom stereocenters. The van der Waals surface area contributed by atoms with Crippen LogP contribution >= 0.6 is 11.3 Å². The van der Waals surface area contributed by atoms with Gasteiger partial charge in [-0.05, 0) is 27.2 Å². The molecule has 2 rings (SSSR count). The van der Waals surface area contributed by atoms with E-state index in [4.69, 9.17) is 0 Å². The van der Waals surface area contributed by atoms with Crippen LogP contribution in [-0.2, 0) is 13.5 Å². The third kappa shape index (κ3) is 3.85. The second kappa shape index (κ2) is 6.91. The molecule has 0 spiro atoms. The Bertz CT molecular complexity index is 648. The summed E-state index contributed by atoms with van der Waals surface area (Å²) in [6, 6.07) is -0.407. The van der Waals surface area contributed by atoms with Crippen molar-refractivity contribution in [1.82, 2.24) is 25.4 Å². The normalized spacial score (nSPS) is 13.7. The molecule has 2 aromatic heterocycles. The zero-order valence-corrected chi connectivity index (χ0v) is 14.5. The van der Waals surface area contributed by atoms with Crippen LogP contribution in [-0.4, -0.2) is 20.8 Å². The Morgan fingerprint density at radius 3 is 2.59 bits per heavy atom. The van der Waals surface area contributed by atoms with Crippen molar-refractivity contribution in [2.24, 2.45) is 7.05 Å². The Morgan fingerprint density at radius 2 is 2.05 bits per heavy atom. The number of nitrogens with zero attached hydrogens (tertiary/aromatic N) is 3. The fourth-order valence-electron chi connectivity index (χ4n) is 2.32. The first-order valence-electron chi connectivity index (χ1n) is 7.42. The van der Waals surface area contributed by atoms with Gasteiger partial charge in [0, 0.05) is 24.2 Å². The molecule has 0 unspecified atom stereocenters. The number of hydrogen-bond donors (Lipinski definition) is 2. The van der Waals surface area contributed by atoms with E-state index in [1.54, 1.807) is 16.0 Å². The summed E-state index contributed by atoms with van der Waals surface area (Å²) in [4.78, 5) is 16.6. The van der Waals surface area contributed by atoms with Crippen molar-refractivity contribution in [1.29, 1.82) is 0 Å². The molecule has 2 heterocycles. The van der Waals surface area contributed by atoms with Crippen molar-refractivity contribution < 1.29 is 4.79 Å². The highest BCUT2D eigenvalue weighted by atomic mass is 32.1. The lowest BCUT2D eigenvalue weighted by Gasteiger charge is -2.17. The molecule has 120 valence electrons. The molecule has 0 aliphatic rings. The first-order chi connectivity index (χ1) is 10.4. The molecule has 0 saturated heterocycles. The van der Waals surface area contributed by atoms with Gasteiger partial charge in [0.25, 0.3) is 0 Å². The summed E-state index contributed by atoms with van der Waals surface area (Å²) in [6.45, 7) is 7.90. The van der Waals surface area contributed by atoms with Crippen LogP contribution in [0.3, 0.4) is 0 Å². The largest absolute Gasteiger partial charge is 0.332 e. The van der Waals surface area contributed by atoms with Gasteiger partial charge in [0.1, 0.15) is 0 Å². The predicted octanol–water partition coefficient (Wildman–Crippen LogP) is 2.87. The number of aryl methyl sites for hydroxylation is 3. The maximum atomic E-state index is 12.1. The van der Waals surface area contributed by atoms with Gasteiger partial charge >= 0.3 is 6.03 Å². The number of carbonyl (C=O) groups excluding carboxylic acids is 1. The summed E-state index contributed by atoms with van der Waals surface area (Å²) in [5.41, 5.74) is 2.85. The van der Waals surface area contributed by atoms with Gasteiger partial charge in [-0.2, -0.15) is 5.10 Å². The second-order valence-electron chi connectivity index (χ2n) is 5.42. The summed E-state index contributed by atoms with van der Waals surface area (Å²) in [7, 11) is 1.87. The minimum Gasteiger partial charge on any atom is -0.332 e. The van der Waals surface area contributed by atoms with Gasteiger partial charge < -0.3 is 10.6 Å². The van der Waals surface area contributed by atoms with Crippen molar-refractivity contribution in [2.75, 3.05) is 0 Å². The van der Waals surface area contributed by atoms with Crippen LogP contribution in [0, 0.1) is 6.92 Å². The summed E-state index contributed by atoms with van der Waals surface area (Å²) in [5.74, 6) is 0. The van der Waals surface area contributed by atoms with E-state index in [9.17, 15) is 4.79 Å². The fraction of sp³-hybridized carbons (Fsp3) is 0.533. The Kier molecular flexibility index (Phi) is 5.18. The van der Waals surface area contributed by atoms with E-state index in [1.807, 2.05) is 39.4 Å². The SMILES string of the molecule is CCc1nc([C@@H](C)NC(=O)N[C@H](C)c2cn(C)nc2C)cs1. The summed E-state index contributed by atoms with van der Waals surface area (Å²) >= 11 is 1.63. The first-order valence-corrected chi connectivity index (χ1v) is 8.30. The van der Waals surface area contributed by atoms with Crippen LogP contribution in [0.2, 0.25) is 0 Å². The second-order valence-corrected chi connectivity index (χ2v) is 6.37. The predicted molar refractivity (Wildman–Crippen MR) is 87.9 cm³/mol. The van der Waals surface area contributed by atoms with Crippen LogP contribution in [0.1, 0.15) is 54.8 Å². The zero-order valence-electron chi connectivity index (χ0n) is 13.7. The Labute approximate surface area is 135 Å². The highest BCUT2D eigenvalue weighted by molar-refractivity contribution is 7.09. The summed E-state index contributed by atoms with van der Waals surface area (Å²) < 4.78 is 1.75. The molecule has 22 heavy (non-hydrogen) atoms. The van der Waals surface area contributed by atoms with Gasteiger partial charge in [0.05, 0.1) is 28.5 Å². The lowest BCUT2D eigenvalue weighted by molar-refractivity contribution is 0.234. The molecule has 0 aliphatic heterocycles. The number of aromatic nitrogens is 3. The monoisotopic (exact) mass is 321 g/mol. The molecule has 2 N–H and O–H groups in total. The Hall–Kier alpha value is -1.89. The maximum Gasteiger partial charge on any atom is 0.315 e. The van der Waals surface area contributed by atoms with Crippen molar-refractivity contribution in [3.05, 3.63) is 33.5 Å². The van der Waals surface area contributed by atoms with E-state index in [0.717, 1.165) is 28.4 Å². The molecule has 2 aromatic rings. The number of amides is 2. The van der Waals surface area contributed by atoms with Crippen molar-refractivity contribution >= 4 is 17.4 Å². The van der Waals surface area contributed by atoms with Crippen LogP contribution in [0.5, 0.6) is 0 Å². The van der Waals surface area contributed by atoms with E-state index >= 15 is 0 Å². The minimum absolute atomic E-state index is 0.0949. The third-order valence-electron chi connectivity index (χ3n) is 3.53. The smallest absolute Gasteiger partial charge is 0.315 e. The Morgan fingerprint density at radius 1 is 1.36 bits per heavy atom. The van der Waals surface area contributed by atoms with E-state index in [1.165, 1.54) is 0 Å². The van der Waals surface area contributed by atoms with E-state index in [-0.39, 0.29) is 18.1 Å². The molecular weight excluding hydrogens is 298 g/mol. The average molecular weight is 321 g/mol. The van der Waals surface area contributed by atoms with Crippen LogP contribution in [0.15, 0.2) is 11.6 Å². The van der Waals surface area contributed by atoms with E-state index < -0.39 is 0 Å². The highest BCUT2D eigenvalue weighted by Crippen LogP contribution is 2.18. The van der Waals surface area contributed by atoms with E-state index in [2.05, 4.69) is 27.6 Å². The van der Waals surface area contributed by atoms with Gasteiger partial charge in [-0.15, -0.1) is 11.3 Å². The fourth-order valence-corrected chi connectivity index (χ4v) is 3.15. The van der Waals surface area contributed by atoms with Crippen molar-refractivity contribution in [2.45, 2.75) is 46.2 Å². The molecule has 0 aromatic carbocycles. The molecule has 0 bridgehead atoms. The molecule has 2 amide bonds. The number of nitrogens with one attached hydrogen (secondary N) is 2. The first kappa shape index (κ1) is 16.5. The number of hydrogen-bond acceptors (Lipinski definition) is 4. The number of thiazole rings is 1. The topological polar surface area (TPSA) is 71.8 Å². The lowest BCUT2D eigenvalue weighted by Crippen LogP contribution is -2.38. The van der Waals surface area contributed by atoms with Crippen molar-refractivity contribution in [3.63, 3.8) is 0 Å². The zero-order chi connectivity index (χ0) is 16.3. The molecule has 0 saturated carbocycles. The van der Waals surface area contributed by atoms with Gasteiger partial charge in [0.15, 0.2) is 0 Å². The average Bonchev–Trinajstić information content (AvgIpc) is 3.04. The number of carbonyl (C=O) groups is 1. The quantitative estimate of drug-likeness (QED) is 0.889. The molecule has 7 heteroatoms. The third-order valence-corrected chi connectivity index (χ3v) is 4.54.